The summed E-state index contributed by atoms with van der Waals surface area (Å²) in [6.45, 7) is 4.60. The zero-order valence-corrected chi connectivity index (χ0v) is 14.0. The van der Waals surface area contributed by atoms with Crippen molar-refractivity contribution in [1.82, 2.24) is 20.0 Å². The fourth-order valence-corrected chi connectivity index (χ4v) is 2.21. The molecule has 0 aliphatic heterocycles. The van der Waals surface area contributed by atoms with Crippen LogP contribution in [-0.2, 0) is 24.9 Å². The van der Waals surface area contributed by atoms with Crippen LogP contribution < -0.4 is 5.32 Å². The Morgan fingerprint density at radius 3 is 2.87 bits per heavy atom. The third-order valence-electron chi connectivity index (χ3n) is 3.60. The number of carbonyl (C=O) groups is 1. The van der Waals surface area contributed by atoms with Crippen LogP contribution in [0.4, 0.5) is 0 Å². The van der Waals surface area contributed by atoms with E-state index in [0.29, 0.717) is 6.54 Å². The lowest BCUT2D eigenvalue weighted by molar-refractivity contribution is -0.116. The smallest absolute Gasteiger partial charge is 0.244 e. The first kappa shape index (κ1) is 17.0. The third-order valence-corrected chi connectivity index (χ3v) is 3.60. The predicted octanol–water partition coefficient (Wildman–Crippen LogP) is 2.20. The lowest BCUT2D eigenvalue weighted by Gasteiger charge is -2.14. The molecule has 1 aromatic carbocycles. The minimum atomic E-state index is -0.107. The van der Waals surface area contributed by atoms with Crippen molar-refractivity contribution >= 4 is 12.0 Å². The van der Waals surface area contributed by atoms with E-state index in [1.165, 1.54) is 11.6 Å². The Morgan fingerprint density at radius 2 is 2.17 bits per heavy atom. The van der Waals surface area contributed by atoms with Gasteiger partial charge in [0, 0.05) is 38.0 Å². The SMILES string of the molecule is CCN(C)Cc1cccc(CNC(=O)/C=C/c2cnn(C)c2)c1. The van der Waals surface area contributed by atoms with E-state index < -0.39 is 0 Å². The molecule has 0 aliphatic carbocycles. The number of benzene rings is 1. The van der Waals surface area contributed by atoms with E-state index in [4.69, 9.17) is 0 Å². The highest BCUT2D eigenvalue weighted by Crippen LogP contribution is 2.07. The van der Waals surface area contributed by atoms with Crippen molar-refractivity contribution in [2.24, 2.45) is 7.05 Å². The molecule has 0 aliphatic rings. The second kappa shape index (κ2) is 8.29. The molecular formula is C18H24N4O. The molecule has 1 aromatic heterocycles. The van der Waals surface area contributed by atoms with Crippen LogP contribution in [-0.4, -0.2) is 34.2 Å². The van der Waals surface area contributed by atoms with Gasteiger partial charge in [0.15, 0.2) is 0 Å². The highest BCUT2D eigenvalue weighted by Gasteiger charge is 2.01. The van der Waals surface area contributed by atoms with Gasteiger partial charge in [-0.15, -0.1) is 0 Å². The molecule has 0 radical (unpaired) electrons. The molecule has 0 fully saturated rings. The van der Waals surface area contributed by atoms with Crippen molar-refractivity contribution in [1.29, 1.82) is 0 Å². The Bertz CT molecular complexity index is 675. The molecule has 0 unspecified atom stereocenters. The topological polar surface area (TPSA) is 50.2 Å². The summed E-state index contributed by atoms with van der Waals surface area (Å²) in [7, 11) is 3.94. The molecule has 0 saturated heterocycles. The average Bonchev–Trinajstić information content (AvgIpc) is 2.96. The summed E-state index contributed by atoms with van der Waals surface area (Å²) in [6, 6.07) is 8.31. The van der Waals surface area contributed by atoms with Crippen LogP contribution in [0.2, 0.25) is 0 Å². The van der Waals surface area contributed by atoms with Crippen LogP contribution in [0.15, 0.2) is 42.7 Å². The predicted molar refractivity (Wildman–Crippen MR) is 92.5 cm³/mol. The zero-order chi connectivity index (χ0) is 16.7. The maximum Gasteiger partial charge on any atom is 0.244 e. The maximum absolute atomic E-state index is 11.9. The minimum absolute atomic E-state index is 0.107. The summed E-state index contributed by atoms with van der Waals surface area (Å²) in [4.78, 5) is 14.1. The van der Waals surface area contributed by atoms with Gasteiger partial charge in [0.2, 0.25) is 5.91 Å². The van der Waals surface area contributed by atoms with E-state index in [2.05, 4.69) is 41.4 Å². The van der Waals surface area contributed by atoms with Crippen LogP contribution in [0.1, 0.15) is 23.6 Å². The Balaban J connectivity index is 1.86. The van der Waals surface area contributed by atoms with Gasteiger partial charge in [-0.25, -0.2) is 0 Å². The standard InChI is InChI=1S/C18H24N4O/c1-4-21(2)13-16-7-5-6-15(10-16)11-19-18(23)9-8-17-12-20-22(3)14-17/h5-10,12,14H,4,11,13H2,1-3H3,(H,19,23)/b9-8+. The second-order valence-electron chi connectivity index (χ2n) is 5.65. The molecule has 23 heavy (non-hydrogen) atoms. The highest BCUT2D eigenvalue weighted by molar-refractivity contribution is 5.91. The number of aromatic nitrogens is 2. The molecule has 0 spiro atoms. The van der Waals surface area contributed by atoms with Crippen LogP contribution in [0.5, 0.6) is 0 Å². The second-order valence-corrected chi connectivity index (χ2v) is 5.65. The lowest BCUT2D eigenvalue weighted by atomic mass is 10.1. The fraction of sp³-hybridized carbons (Fsp3) is 0.333. The Hall–Kier alpha value is -2.40. The van der Waals surface area contributed by atoms with Crippen molar-refractivity contribution in [2.45, 2.75) is 20.0 Å². The van der Waals surface area contributed by atoms with E-state index in [1.54, 1.807) is 17.0 Å². The summed E-state index contributed by atoms with van der Waals surface area (Å²) in [6.07, 6.45) is 6.87. The minimum Gasteiger partial charge on any atom is -0.348 e. The van der Waals surface area contributed by atoms with Crippen molar-refractivity contribution in [3.8, 4) is 0 Å². The van der Waals surface area contributed by atoms with Crippen molar-refractivity contribution in [3.05, 3.63) is 59.4 Å². The monoisotopic (exact) mass is 312 g/mol. The van der Waals surface area contributed by atoms with Crippen LogP contribution in [0.3, 0.4) is 0 Å². The van der Waals surface area contributed by atoms with Gasteiger partial charge in [-0.05, 0) is 30.8 Å². The first-order valence-corrected chi connectivity index (χ1v) is 7.77. The lowest BCUT2D eigenvalue weighted by Crippen LogP contribution is -2.20. The van der Waals surface area contributed by atoms with E-state index >= 15 is 0 Å². The molecule has 5 heteroatoms. The summed E-state index contributed by atoms with van der Waals surface area (Å²) < 4.78 is 1.70. The molecule has 5 nitrogen and oxygen atoms in total. The maximum atomic E-state index is 11.9. The molecule has 0 bridgehead atoms. The van der Waals surface area contributed by atoms with Gasteiger partial charge in [0.25, 0.3) is 0 Å². The van der Waals surface area contributed by atoms with Crippen LogP contribution in [0, 0.1) is 0 Å². The van der Waals surface area contributed by atoms with Gasteiger partial charge in [0.05, 0.1) is 6.20 Å². The van der Waals surface area contributed by atoms with Crippen molar-refractivity contribution in [3.63, 3.8) is 0 Å². The average molecular weight is 312 g/mol. The molecule has 2 rings (SSSR count). The number of hydrogen-bond donors (Lipinski definition) is 1. The number of amides is 1. The zero-order valence-electron chi connectivity index (χ0n) is 14.0. The molecule has 1 amide bonds. The van der Waals surface area contributed by atoms with E-state index in [0.717, 1.165) is 24.2 Å². The molecule has 0 atom stereocenters. The molecule has 0 saturated carbocycles. The van der Waals surface area contributed by atoms with Crippen LogP contribution >= 0.6 is 0 Å². The first-order valence-electron chi connectivity index (χ1n) is 7.77. The van der Waals surface area contributed by atoms with Gasteiger partial charge in [-0.1, -0.05) is 31.2 Å². The van der Waals surface area contributed by atoms with E-state index in [-0.39, 0.29) is 5.91 Å². The summed E-state index contributed by atoms with van der Waals surface area (Å²) in [5.41, 5.74) is 3.27. The van der Waals surface area contributed by atoms with Gasteiger partial charge in [0.1, 0.15) is 0 Å². The number of nitrogens with zero attached hydrogens (tertiary/aromatic N) is 3. The summed E-state index contributed by atoms with van der Waals surface area (Å²) in [5.74, 6) is -0.107. The normalized spacial score (nSPS) is 11.3. The van der Waals surface area contributed by atoms with Crippen LogP contribution in [0.25, 0.3) is 6.08 Å². The Kier molecular flexibility index (Phi) is 6.11. The molecule has 1 heterocycles. The highest BCUT2D eigenvalue weighted by atomic mass is 16.1. The largest absolute Gasteiger partial charge is 0.348 e. The number of nitrogens with one attached hydrogen (secondary N) is 1. The summed E-state index contributed by atoms with van der Waals surface area (Å²) in [5, 5.41) is 6.96. The van der Waals surface area contributed by atoms with Crippen molar-refractivity contribution < 1.29 is 4.79 Å². The van der Waals surface area contributed by atoms with Gasteiger partial charge in [-0.2, -0.15) is 5.10 Å². The number of hydrogen-bond acceptors (Lipinski definition) is 3. The Labute approximate surface area is 137 Å². The van der Waals surface area contributed by atoms with Gasteiger partial charge >= 0.3 is 0 Å². The Morgan fingerprint density at radius 1 is 1.39 bits per heavy atom. The van der Waals surface area contributed by atoms with E-state index in [1.807, 2.05) is 25.4 Å². The number of rotatable bonds is 7. The number of aryl methyl sites for hydroxylation is 1. The quantitative estimate of drug-likeness (QED) is 0.798. The van der Waals surface area contributed by atoms with Gasteiger partial charge in [-0.3, -0.25) is 9.48 Å². The molecule has 2 aromatic rings. The fourth-order valence-electron chi connectivity index (χ4n) is 2.21. The summed E-state index contributed by atoms with van der Waals surface area (Å²) >= 11 is 0. The molecule has 122 valence electrons. The van der Waals surface area contributed by atoms with E-state index in [9.17, 15) is 4.79 Å². The molecular weight excluding hydrogens is 288 g/mol. The first-order chi connectivity index (χ1) is 11.1. The number of carbonyl (C=O) groups excluding carboxylic acids is 1. The van der Waals surface area contributed by atoms with Crippen molar-refractivity contribution in [2.75, 3.05) is 13.6 Å². The van der Waals surface area contributed by atoms with Gasteiger partial charge < -0.3 is 10.2 Å². The third kappa shape index (κ3) is 5.71. The molecule has 1 N–H and O–H groups in total.